The van der Waals surface area contributed by atoms with Gasteiger partial charge in [0, 0.05) is 70.0 Å². The number of para-hydroxylation sites is 5. The normalized spacial score (nSPS) is 11.9. The summed E-state index contributed by atoms with van der Waals surface area (Å²) in [5.74, 6) is 0. The van der Waals surface area contributed by atoms with Gasteiger partial charge in [0.1, 0.15) is 23.3 Å². The van der Waals surface area contributed by atoms with Gasteiger partial charge in [-0.05, 0) is 85.2 Å². The number of rotatable bonds is 12. The molecule has 1 aliphatic rings. The third-order valence-corrected chi connectivity index (χ3v) is 11.7. The Bertz CT molecular complexity index is 2790. The Balaban J connectivity index is 1.40. The van der Waals surface area contributed by atoms with Crippen LogP contribution in [-0.2, 0) is 0 Å². The number of hydrogen-bond acceptors (Lipinski definition) is 6. The van der Waals surface area contributed by atoms with E-state index in [9.17, 15) is 15.4 Å². The van der Waals surface area contributed by atoms with Gasteiger partial charge in [-0.25, -0.2) is 0 Å². The van der Waals surface area contributed by atoms with Crippen LogP contribution in [0.15, 0.2) is 200 Å². The minimum atomic E-state index is -0.366. The average molecular weight is 801 g/mol. The smallest absolute Gasteiger partial charge is 0.293 e. The third-order valence-electron chi connectivity index (χ3n) is 10.5. The molecule has 0 aliphatic heterocycles. The summed E-state index contributed by atoms with van der Waals surface area (Å²) in [6.07, 6.45) is 8.62. The zero-order valence-electron chi connectivity index (χ0n) is 33.4. The molecule has 60 heavy (non-hydrogen) atoms. The highest BCUT2D eigenvalue weighted by Gasteiger charge is 2.31. The second-order valence-electron chi connectivity index (χ2n) is 14.0. The Morgan fingerprint density at radius 1 is 0.667 bits per heavy atom. The van der Waals surface area contributed by atoms with Crippen molar-refractivity contribution in [1.29, 1.82) is 5.26 Å². The van der Waals surface area contributed by atoms with Crippen LogP contribution in [0.4, 0.5) is 39.1 Å². The third kappa shape index (κ3) is 7.82. The monoisotopic (exact) mass is 800 g/mol. The minimum Gasteiger partial charge on any atom is -0.342 e. The number of nitro benzene ring substituents is 1. The first kappa shape index (κ1) is 39.2. The molecule has 0 saturated carbocycles. The SMILES string of the molecule is CCN(c1ccccc1)c1ccc(C(=C2C=CC(=[N+](CC)c3ccccc3)C=C2)c2sc(N(c3ccccc3)c3ccccc3[N+](=O)[O-])c(C#N)c2-c2ccccc2)cc1. The van der Waals surface area contributed by atoms with E-state index >= 15 is 0 Å². The van der Waals surface area contributed by atoms with E-state index in [-0.39, 0.29) is 10.6 Å². The lowest BCUT2D eigenvalue weighted by Crippen LogP contribution is -2.15. The van der Waals surface area contributed by atoms with Gasteiger partial charge >= 0.3 is 0 Å². The number of nitro groups is 1. The summed E-state index contributed by atoms with van der Waals surface area (Å²) in [5, 5.41) is 24.4. The van der Waals surface area contributed by atoms with Crippen LogP contribution in [0.2, 0.25) is 0 Å². The molecular weight excluding hydrogens is 759 g/mol. The van der Waals surface area contributed by atoms with Gasteiger partial charge in [-0.15, -0.1) is 11.3 Å². The molecule has 0 fully saturated rings. The molecule has 0 unspecified atom stereocenters. The molecule has 0 N–H and O–H groups in total. The van der Waals surface area contributed by atoms with E-state index < -0.39 is 0 Å². The van der Waals surface area contributed by atoms with Crippen LogP contribution in [0.25, 0.3) is 16.7 Å². The van der Waals surface area contributed by atoms with Crippen molar-refractivity contribution < 1.29 is 9.50 Å². The summed E-state index contributed by atoms with van der Waals surface area (Å²) < 4.78 is 2.28. The lowest BCUT2D eigenvalue weighted by atomic mass is 9.90. The molecule has 0 spiro atoms. The maximum Gasteiger partial charge on any atom is 0.293 e. The molecule has 0 bridgehead atoms. The van der Waals surface area contributed by atoms with E-state index in [0.717, 1.165) is 68.6 Å². The van der Waals surface area contributed by atoms with E-state index in [0.29, 0.717) is 21.9 Å². The van der Waals surface area contributed by atoms with Gasteiger partial charge in [0.05, 0.1) is 10.5 Å². The molecule has 8 rings (SSSR count). The fourth-order valence-corrected chi connectivity index (χ4v) is 9.17. The zero-order valence-corrected chi connectivity index (χ0v) is 34.2. The topological polar surface area (TPSA) is 76.4 Å². The summed E-state index contributed by atoms with van der Waals surface area (Å²) >= 11 is 1.47. The van der Waals surface area contributed by atoms with Gasteiger partial charge in [-0.1, -0.05) is 109 Å². The lowest BCUT2D eigenvalue weighted by molar-refractivity contribution is -0.434. The molecule has 1 aromatic heterocycles. The predicted octanol–water partition coefficient (Wildman–Crippen LogP) is 13.6. The molecule has 0 amide bonds. The van der Waals surface area contributed by atoms with Crippen LogP contribution in [0.3, 0.4) is 0 Å². The van der Waals surface area contributed by atoms with Crippen molar-refractivity contribution in [2.45, 2.75) is 13.8 Å². The maximum atomic E-state index is 12.6. The second kappa shape index (κ2) is 17.9. The molecule has 0 radical (unpaired) electrons. The summed E-state index contributed by atoms with van der Waals surface area (Å²) in [4.78, 5) is 17.2. The largest absolute Gasteiger partial charge is 0.342 e. The standard InChI is InChI=1S/C52H42N5O2S/c1-3-54(41-21-11-6-12-22-41)43-33-29-39(30-34-43)49(40-31-35-44(36-32-40)55(4-2)42-23-13-7-14-24-42)51-50(38-19-9-5-10-20-38)46(37-53)52(60-51)56(45-25-15-8-16-26-45)47-27-17-18-28-48(47)57(58)59/h5-36H,3-4H2,1-2H3/q+1. The molecule has 7 aromatic rings. The van der Waals surface area contributed by atoms with Gasteiger partial charge < -0.3 is 4.90 Å². The highest BCUT2D eigenvalue weighted by molar-refractivity contribution is 7.18. The Labute approximate surface area is 354 Å². The number of anilines is 5. The Morgan fingerprint density at radius 3 is 1.80 bits per heavy atom. The van der Waals surface area contributed by atoms with Crippen molar-refractivity contribution in [1.82, 2.24) is 0 Å². The summed E-state index contributed by atoms with van der Waals surface area (Å²) in [7, 11) is 0. The first-order chi connectivity index (χ1) is 29.5. The second-order valence-corrected chi connectivity index (χ2v) is 15.0. The van der Waals surface area contributed by atoms with E-state index in [1.54, 1.807) is 18.2 Å². The first-order valence-corrected chi connectivity index (χ1v) is 20.8. The zero-order chi connectivity index (χ0) is 41.4. The lowest BCUT2D eigenvalue weighted by Gasteiger charge is -2.24. The molecule has 8 heteroatoms. The van der Waals surface area contributed by atoms with Gasteiger partial charge in [0.25, 0.3) is 5.69 Å². The van der Waals surface area contributed by atoms with Crippen LogP contribution in [0, 0.1) is 21.4 Å². The molecule has 1 aliphatic carbocycles. The van der Waals surface area contributed by atoms with Crippen molar-refractivity contribution in [3.8, 4) is 17.2 Å². The first-order valence-electron chi connectivity index (χ1n) is 19.9. The highest BCUT2D eigenvalue weighted by Crippen LogP contribution is 2.52. The number of benzene rings is 6. The summed E-state index contributed by atoms with van der Waals surface area (Å²) in [5.41, 5.74) is 10.3. The van der Waals surface area contributed by atoms with E-state index in [1.165, 1.54) is 17.4 Å². The van der Waals surface area contributed by atoms with Crippen LogP contribution in [0.5, 0.6) is 0 Å². The van der Waals surface area contributed by atoms with Gasteiger partial charge in [-0.2, -0.15) is 9.84 Å². The Morgan fingerprint density at radius 2 is 1.22 bits per heavy atom. The van der Waals surface area contributed by atoms with E-state index in [1.807, 2.05) is 77.7 Å². The Kier molecular flexibility index (Phi) is 11.7. The van der Waals surface area contributed by atoms with Crippen molar-refractivity contribution in [3.05, 3.63) is 226 Å². The number of allylic oxidation sites excluding steroid dienone is 5. The quantitative estimate of drug-likeness (QED) is 0.0699. The minimum absolute atomic E-state index is 0.0605. The number of nitrogens with zero attached hydrogens (tertiary/aromatic N) is 5. The predicted molar refractivity (Wildman–Crippen MR) is 248 cm³/mol. The fourth-order valence-electron chi connectivity index (χ4n) is 7.78. The molecule has 1 heterocycles. The maximum absolute atomic E-state index is 12.6. The molecule has 0 atom stereocenters. The van der Waals surface area contributed by atoms with Crippen molar-refractivity contribution >= 4 is 61.7 Å². The van der Waals surface area contributed by atoms with Crippen molar-refractivity contribution in [2.24, 2.45) is 0 Å². The van der Waals surface area contributed by atoms with Gasteiger partial charge in [-0.3, -0.25) is 15.0 Å². The Hall–Kier alpha value is -7.60. The fraction of sp³-hybridized carbons (Fsp3) is 0.0769. The van der Waals surface area contributed by atoms with Crippen LogP contribution < -0.4 is 9.80 Å². The van der Waals surface area contributed by atoms with Crippen molar-refractivity contribution in [2.75, 3.05) is 22.9 Å². The highest BCUT2D eigenvalue weighted by atomic mass is 32.1. The number of thiophene rings is 1. The molecule has 0 saturated heterocycles. The summed E-state index contributed by atoms with van der Waals surface area (Å²) in [6.45, 7) is 5.87. The number of hydrogen-bond donors (Lipinski definition) is 0. The molecule has 7 nitrogen and oxygen atoms in total. The molecular formula is C52H42N5O2S+. The van der Waals surface area contributed by atoms with Crippen molar-refractivity contribution in [3.63, 3.8) is 0 Å². The average Bonchev–Trinajstić information content (AvgIpc) is 3.68. The number of nitriles is 1. The molecule has 6 aromatic carbocycles. The van der Waals surface area contributed by atoms with Crippen LogP contribution in [0.1, 0.15) is 29.9 Å². The van der Waals surface area contributed by atoms with E-state index in [4.69, 9.17) is 0 Å². The van der Waals surface area contributed by atoms with E-state index in [2.05, 4.69) is 126 Å². The summed E-state index contributed by atoms with van der Waals surface area (Å²) in [6, 6.07) is 58.1. The molecule has 292 valence electrons. The van der Waals surface area contributed by atoms with Crippen LogP contribution in [-0.4, -0.2) is 28.3 Å². The van der Waals surface area contributed by atoms with Gasteiger partial charge in [0.15, 0.2) is 0 Å². The van der Waals surface area contributed by atoms with Gasteiger partial charge in [0.2, 0.25) is 11.4 Å². The van der Waals surface area contributed by atoms with Crippen LogP contribution >= 0.6 is 11.3 Å².